The second-order valence-corrected chi connectivity index (χ2v) is 9.30. The molecule has 0 saturated carbocycles. The van der Waals surface area contributed by atoms with E-state index in [1.54, 1.807) is 18.4 Å². The van der Waals surface area contributed by atoms with Crippen molar-refractivity contribution in [1.82, 2.24) is 19.5 Å². The van der Waals surface area contributed by atoms with Crippen LogP contribution in [0.3, 0.4) is 0 Å². The molecular formula is C17H22IN5O6S. The summed E-state index contributed by atoms with van der Waals surface area (Å²) in [6.45, 7) is 7.47. The zero-order chi connectivity index (χ0) is 21.6. The maximum absolute atomic E-state index is 12.5. The number of aromatic nitrogens is 4. The van der Waals surface area contributed by atoms with Crippen LogP contribution in [0.2, 0.25) is 0 Å². The number of H-pyrrole nitrogens is 1. The lowest BCUT2D eigenvalue weighted by molar-refractivity contribution is -0.198. The second kappa shape index (κ2) is 8.35. The topological polar surface area (TPSA) is 130 Å². The van der Waals surface area contributed by atoms with Crippen LogP contribution in [-0.4, -0.2) is 56.1 Å². The van der Waals surface area contributed by atoms with Crippen LogP contribution in [0.4, 0.5) is 5.95 Å². The highest BCUT2D eigenvalue weighted by Gasteiger charge is 2.56. The SMILES string of the molecule is CC(C)C(=O)Nc1nc2c(ncn2C2OC(COSI)C3OC(C)(C)OC32)c(=O)[nH]1. The number of carbonyl (C=O) groups excluding carboxylic acids is 1. The number of anilines is 1. The molecule has 2 aromatic rings. The van der Waals surface area contributed by atoms with Crippen molar-refractivity contribution in [2.75, 3.05) is 11.9 Å². The van der Waals surface area contributed by atoms with Gasteiger partial charge in [0.2, 0.25) is 11.9 Å². The van der Waals surface area contributed by atoms with E-state index in [2.05, 4.69) is 20.3 Å². The van der Waals surface area contributed by atoms with Gasteiger partial charge in [-0.2, -0.15) is 4.98 Å². The van der Waals surface area contributed by atoms with Crippen molar-refractivity contribution in [3.63, 3.8) is 0 Å². The molecule has 1 amide bonds. The second-order valence-electron chi connectivity index (χ2n) is 7.86. The third-order valence-corrected chi connectivity index (χ3v) is 5.86. The van der Waals surface area contributed by atoms with Gasteiger partial charge in [-0.25, -0.2) is 4.98 Å². The highest BCUT2D eigenvalue weighted by molar-refractivity contribution is 14.2. The summed E-state index contributed by atoms with van der Waals surface area (Å²) in [5, 5.41) is 2.61. The fourth-order valence-corrected chi connectivity index (χ4v) is 4.17. The summed E-state index contributed by atoms with van der Waals surface area (Å²) < 4.78 is 25.4. The maximum atomic E-state index is 12.5. The molecule has 0 bridgehead atoms. The van der Waals surface area contributed by atoms with Gasteiger partial charge in [0, 0.05) is 27.1 Å². The van der Waals surface area contributed by atoms with Crippen LogP contribution in [-0.2, 0) is 23.2 Å². The van der Waals surface area contributed by atoms with Gasteiger partial charge in [0.25, 0.3) is 5.56 Å². The van der Waals surface area contributed by atoms with Gasteiger partial charge in [-0.05, 0) is 13.8 Å². The minimum absolute atomic E-state index is 0.0487. The minimum Gasteiger partial charge on any atom is -0.347 e. The smallest absolute Gasteiger partial charge is 0.280 e. The van der Waals surface area contributed by atoms with Crippen LogP contribution >= 0.6 is 30.4 Å². The Hall–Kier alpha value is -1.26. The monoisotopic (exact) mass is 551 g/mol. The van der Waals surface area contributed by atoms with Crippen LogP contribution in [0, 0.1) is 5.92 Å². The normalized spacial score (nSPS) is 27.7. The molecular weight excluding hydrogens is 529 g/mol. The lowest BCUT2D eigenvalue weighted by atomic mass is 10.1. The molecule has 0 spiro atoms. The minimum atomic E-state index is -0.787. The fourth-order valence-electron chi connectivity index (χ4n) is 3.54. The van der Waals surface area contributed by atoms with Gasteiger partial charge in [0.15, 0.2) is 23.2 Å². The van der Waals surface area contributed by atoms with Crippen LogP contribution < -0.4 is 10.9 Å². The van der Waals surface area contributed by atoms with Crippen LogP contribution in [0.25, 0.3) is 11.2 Å². The number of rotatable bonds is 6. The number of hydrogen-bond donors (Lipinski definition) is 2. The number of imidazole rings is 1. The highest BCUT2D eigenvalue weighted by atomic mass is 127. The predicted octanol–water partition coefficient (Wildman–Crippen LogP) is 2.15. The first-order valence-corrected chi connectivity index (χ1v) is 12.7. The first-order valence-electron chi connectivity index (χ1n) is 9.39. The van der Waals surface area contributed by atoms with Gasteiger partial charge in [-0.15, -0.1) is 0 Å². The van der Waals surface area contributed by atoms with Crippen molar-refractivity contribution in [3.8, 4) is 0 Å². The molecule has 30 heavy (non-hydrogen) atoms. The van der Waals surface area contributed by atoms with E-state index in [-0.39, 0.29) is 41.1 Å². The number of amides is 1. The number of hydrogen-bond acceptors (Lipinski definition) is 9. The molecule has 11 nitrogen and oxygen atoms in total. The Kier molecular flexibility index (Phi) is 6.11. The summed E-state index contributed by atoms with van der Waals surface area (Å²) >= 11 is 2.04. The summed E-state index contributed by atoms with van der Waals surface area (Å²) in [4.78, 5) is 35.6. The summed E-state index contributed by atoms with van der Waals surface area (Å²) in [6.07, 6.45) is -0.317. The number of nitrogens with one attached hydrogen (secondary N) is 2. The van der Waals surface area contributed by atoms with Gasteiger partial charge < -0.3 is 18.4 Å². The Morgan fingerprint density at radius 3 is 2.87 bits per heavy atom. The average Bonchev–Trinajstić information content (AvgIpc) is 3.31. The Labute approximate surface area is 188 Å². The molecule has 4 rings (SSSR count). The Morgan fingerprint density at radius 2 is 2.17 bits per heavy atom. The zero-order valence-electron chi connectivity index (χ0n) is 16.7. The average molecular weight is 551 g/mol. The third-order valence-electron chi connectivity index (χ3n) is 4.87. The molecule has 2 N–H and O–H groups in total. The summed E-state index contributed by atoms with van der Waals surface area (Å²) in [5.41, 5.74) is -0.0458. The van der Waals surface area contributed by atoms with Crippen LogP contribution in [0.1, 0.15) is 33.9 Å². The molecule has 2 saturated heterocycles. The summed E-state index contributed by atoms with van der Waals surface area (Å²) in [7, 11) is 1.21. The number of aromatic amines is 1. The molecule has 0 aromatic carbocycles. The largest absolute Gasteiger partial charge is 0.347 e. The number of ether oxygens (including phenoxy) is 3. The Balaban J connectivity index is 1.70. The van der Waals surface area contributed by atoms with Crippen molar-refractivity contribution in [2.45, 2.75) is 58.0 Å². The zero-order valence-corrected chi connectivity index (χ0v) is 19.7. The van der Waals surface area contributed by atoms with Gasteiger partial charge in [0.05, 0.1) is 22.1 Å². The molecule has 2 aliphatic heterocycles. The molecule has 2 aliphatic rings. The molecule has 13 heteroatoms. The maximum Gasteiger partial charge on any atom is 0.280 e. The van der Waals surface area contributed by atoms with Gasteiger partial charge in [0.1, 0.15) is 18.3 Å². The Bertz CT molecular complexity index is 1010. The molecule has 4 atom stereocenters. The van der Waals surface area contributed by atoms with E-state index in [0.29, 0.717) is 6.61 Å². The predicted molar refractivity (Wildman–Crippen MR) is 117 cm³/mol. The van der Waals surface area contributed by atoms with Gasteiger partial charge in [-0.1, -0.05) is 13.8 Å². The lowest BCUT2D eigenvalue weighted by Crippen LogP contribution is -2.32. The van der Waals surface area contributed by atoms with Crippen LogP contribution in [0.15, 0.2) is 11.1 Å². The molecule has 4 heterocycles. The molecule has 0 radical (unpaired) electrons. The molecule has 2 fully saturated rings. The third kappa shape index (κ3) is 4.10. The van der Waals surface area contributed by atoms with E-state index in [0.717, 1.165) is 0 Å². The van der Waals surface area contributed by atoms with Crippen LogP contribution in [0.5, 0.6) is 0 Å². The van der Waals surface area contributed by atoms with Crippen molar-refractivity contribution in [2.24, 2.45) is 5.92 Å². The molecule has 0 aliphatic carbocycles. The number of carbonyl (C=O) groups is 1. The fraction of sp³-hybridized carbons (Fsp3) is 0.647. The van der Waals surface area contributed by atoms with Gasteiger partial charge in [-0.3, -0.25) is 24.5 Å². The molecule has 4 unspecified atom stereocenters. The first kappa shape index (κ1) is 22.0. The van der Waals surface area contributed by atoms with E-state index >= 15 is 0 Å². The van der Waals surface area contributed by atoms with Gasteiger partial charge >= 0.3 is 0 Å². The van der Waals surface area contributed by atoms with E-state index in [9.17, 15) is 9.59 Å². The molecule has 2 aromatic heterocycles. The summed E-state index contributed by atoms with van der Waals surface area (Å²) in [5.74, 6) is -1.26. The number of fused-ring (bicyclic) bond motifs is 2. The van der Waals surface area contributed by atoms with Crippen molar-refractivity contribution < 1.29 is 23.2 Å². The quantitative estimate of drug-likeness (QED) is 0.410. The van der Waals surface area contributed by atoms with Crippen molar-refractivity contribution >= 4 is 53.4 Å². The van der Waals surface area contributed by atoms with E-state index in [4.69, 9.17) is 18.4 Å². The van der Waals surface area contributed by atoms with E-state index < -0.39 is 23.7 Å². The van der Waals surface area contributed by atoms with E-state index in [1.165, 1.54) is 15.5 Å². The standard InChI is InChI=1S/C17H22IN5O6S/c1-7(2)13(24)21-16-20-12-9(14(25)22-16)19-6-23(12)15-11-10(28-17(3,4)29-11)8(27-15)5-26-30-18/h6-8,10-11,15H,5H2,1-4H3,(H2,20,21,22,24,25). The number of nitrogens with zero attached hydrogens (tertiary/aromatic N) is 3. The lowest BCUT2D eigenvalue weighted by Gasteiger charge is -2.24. The summed E-state index contributed by atoms with van der Waals surface area (Å²) in [6, 6.07) is 0. The highest BCUT2D eigenvalue weighted by Crippen LogP contribution is 2.44. The number of halogens is 1. The van der Waals surface area contributed by atoms with Crippen molar-refractivity contribution in [1.29, 1.82) is 0 Å². The molecule has 164 valence electrons. The Morgan fingerprint density at radius 1 is 1.43 bits per heavy atom. The van der Waals surface area contributed by atoms with E-state index in [1.807, 2.05) is 35.1 Å². The first-order chi connectivity index (χ1) is 14.2. The van der Waals surface area contributed by atoms with Crippen molar-refractivity contribution in [3.05, 3.63) is 16.7 Å².